The Labute approximate surface area is 189 Å². The molecule has 0 saturated carbocycles. The van der Waals surface area contributed by atoms with Crippen molar-refractivity contribution in [2.45, 2.75) is 65.5 Å². The molecule has 0 atom stereocenters. The summed E-state index contributed by atoms with van der Waals surface area (Å²) >= 11 is 0. The van der Waals surface area contributed by atoms with Crippen molar-refractivity contribution in [3.63, 3.8) is 0 Å². The number of fused-ring (bicyclic) bond motifs is 3. The van der Waals surface area contributed by atoms with Crippen LogP contribution in [-0.4, -0.2) is 34.5 Å². The Morgan fingerprint density at radius 1 is 1.19 bits per heavy atom. The van der Waals surface area contributed by atoms with Gasteiger partial charge in [-0.15, -0.1) is 0 Å². The van der Waals surface area contributed by atoms with E-state index in [1.54, 1.807) is 13.0 Å². The minimum Gasteiger partial charge on any atom is -0.490 e. The molecule has 2 aliphatic heterocycles. The van der Waals surface area contributed by atoms with Crippen LogP contribution in [0.2, 0.25) is 0 Å². The van der Waals surface area contributed by atoms with Gasteiger partial charge >= 0.3 is 5.97 Å². The second-order valence-electron chi connectivity index (χ2n) is 9.89. The average Bonchev–Trinajstić information content (AvgIpc) is 3.02. The molecule has 0 radical (unpaired) electrons. The first-order valence-corrected chi connectivity index (χ1v) is 11.1. The molecular formula is C27H31NO4. The smallest absolute Gasteiger partial charge is 0.331 e. The highest BCUT2D eigenvalue weighted by Crippen LogP contribution is 2.48. The predicted octanol–water partition coefficient (Wildman–Crippen LogP) is 5.46. The molecule has 0 aliphatic carbocycles. The van der Waals surface area contributed by atoms with Crippen LogP contribution in [-0.2, 0) is 17.6 Å². The number of benzene rings is 2. The van der Waals surface area contributed by atoms with Crippen LogP contribution in [0.3, 0.4) is 0 Å². The molecule has 0 amide bonds. The van der Waals surface area contributed by atoms with Gasteiger partial charge in [0.25, 0.3) is 0 Å². The Kier molecular flexibility index (Phi) is 5.40. The number of carbonyl (C=O) groups is 1. The average molecular weight is 434 g/mol. The van der Waals surface area contributed by atoms with Crippen molar-refractivity contribution in [1.29, 1.82) is 0 Å². The van der Waals surface area contributed by atoms with Gasteiger partial charge in [-0.3, -0.25) is 4.99 Å². The third-order valence-corrected chi connectivity index (χ3v) is 5.89. The van der Waals surface area contributed by atoms with E-state index in [-0.39, 0.29) is 11.1 Å². The summed E-state index contributed by atoms with van der Waals surface area (Å²) in [6.45, 7) is 12.7. The van der Waals surface area contributed by atoms with Gasteiger partial charge in [-0.25, -0.2) is 4.79 Å². The van der Waals surface area contributed by atoms with Gasteiger partial charge in [-0.1, -0.05) is 24.3 Å². The van der Waals surface area contributed by atoms with E-state index in [2.05, 4.69) is 33.8 Å². The van der Waals surface area contributed by atoms with Crippen LogP contribution in [0.4, 0.5) is 0 Å². The highest BCUT2D eigenvalue weighted by molar-refractivity contribution is 6.16. The van der Waals surface area contributed by atoms with E-state index in [1.807, 2.05) is 31.2 Å². The first kappa shape index (κ1) is 22.1. The number of aliphatic imine (C=N–C) groups is 1. The summed E-state index contributed by atoms with van der Waals surface area (Å²) in [5.41, 5.74) is 6.13. The van der Waals surface area contributed by atoms with Gasteiger partial charge in [-0.05, 0) is 71.2 Å². The maximum absolute atomic E-state index is 11.2. The second-order valence-corrected chi connectivity index (χ2v) is 9.89. The minimum absolute atomic E-state index is 0.243. The molecule has 2 aromatic rings. The van der Waals surface area contributed by atoms with E-state index in [9.17, 15) is 4.79 Å². The lowest BCUT2D eigenvalue weighted by Gasteiger charge is -2.31. The largest absolute Gasteiger partial charge is 0.490 e. The molecule has 2 aliphatic rings. The molecular weight excluding hydrogens is 402 g/mol. The fraction of sp³-hybridized carbons (Fsp3) is 0.407. The van der Waals surface area contributed by atoms with Gasteiger partial charge in [0.15, 0.2) is 11.5 Å². The van der Waals surface area contributed by atoms with Crippen molar-refractivity contribution < 1.29 is 19.4 Å². The number of rotatable bonds is 5. The van der Waals surface area contributed by atoms with E-state index < -0.39 is 5.97 Å². The van der Waals surface area contributed by atoms with E-state index in [0.29, 0.717) is 12.2 Å². The second kappa shape index (κ2) is 7.80. The molecule has 168 valence electrons. The first-order chi connectivity index (χ1) is 15.0. The number of carboxylic acid groups (broad SMARTS) is 1. The lowest BCUT2D eigenvalue weighted by Crippen LogP contribution is -2.30. The van der Waals surface area contributed by atoms with Gasteiger partial charge in [0.2, 0.25) is 0 Å². The molecule has 0 bridgehead atoms. The van der Waals surface area contributed by atoms with Gasteiger partial charge in [0, 0.05) is 28.7 Å². The van der Waals surface area contributed by atoms with Crippen molar-refractivity contribution in [2.24, 2.45) is 4.99 Å². The fourth-order valence-corrected chi connectivity index (χ4v) is 4.59. The first-order valence-electron chi connectivity index (χ1n) is 11.1. The van der Waals surface area contributed by atoms with Crippen LogP contribution < -0.4 is 9.47 Å². The van der Waals surface area contributed by atoms with Crippen molar-refractivity contribution in [3.8, 4) is 11.5 Å². The van der Waals surface area contributed by atoms with Crippen molar-refractivity contribution >= 4 is 17.8 Å². The summed E-state index contributed by atoms with van der Waals surface area (Å²) in [4.78, 5) is 16.3. The van der Waals surface area contributed by atoms with E-state index >= 15 is 0 Å². The summed E-state index contributed by atoms with van der Waals surface area (Å²) in [6.07, 6.45) is 3.30. The zero-order chi connectivity index (χ0) is 23.3. The van der Waals surface area contributed by atoms with Crippen LogP contribution >= 0.6 is 0 Å². The normalized spacial score (nSPS) is 18.3. The zero-order valence-corrected chi connectivity index (χ0v) is 19.7. The summed E-state index contributed by atoms with van der Waals surface area (Å²) < 4.78 is 12.3. The molecule has 2 heterocycles. The molecule has 2 aromatic carbocycles. The Hall–Kier alpha value is -3.08. The van der Waals surface area contributed by atoms with Gasteiger partial charge < -0.3 is 14.6 Å². The Balaban J connectivity index is 1.85. The summed E-state index contributed by atoms with van der Waals surface area (Å²) in [7, 11) is 0. The lowest BCUT2D eigenvalue weighted by molar-refractivity contribution is -0.132. The molecule has 0 saturated heterocycles. The molecule has 0 unspecified atom stereocenters. The van der Waals surface area contributed by atoms with Crippen LogP contribution in [0.25, 0.3) is 6.08 Å². The molecule has 1 N–H and O–H groups in total. The Bertz CT molecular complexity index is 1140. The van der Waals surface area contributed by atoms with E-state index in [4.69, 9.17) is 19.6 Å². The Morgan fingerprint density at radius 3 is 2.50 bits per heavy atom. The van der Waals surface area contributed by atoms with E-state index in [1.165, 1.54) is 5.56 Å². The maximum atomic E-state index is 11.2. The van der Waals surface area contributed by atoms with E-state index in [0.717, 1.165) is 52.3 Å². The molecule has 32 heavy (non-hydrogen) atoms. The van der Waals surface area contributed by atoms with Crippen molar-refractivity contribution in [3.05, 3.63) is 63.7 Å². The lowest BCUT2D eigenvalue weighted by atomic mass is 9.81. The van der Waals surface area contributed by atoms with Gasteiger partial charge in [0.05, 0.1) is 17.9 Å². The molecule has 0 spiro atoms. The summed E-state index contributed by atoms with van der Waals surface area (Å²) in [5, 5.41) is 9.15. The van der Waals surface area contributed by atoms with Crippen LogP contribution in [0.15, 0.2) is 40.9 Å². The third kappa shape index (κ3) is 4.16. The van der Waals surface area contributed by atoms with Crippen molar-refractivity contribution in [1.82, 2.24) is 0 Å². The third-order valence-electron chi connectivity index (χ3n) is 5.89. The van der Waals surface area contributed by atoms with Crippen molar-refractivity contribution in [2.75, 3.05) is 6.61 Å². The van der Waals surface area contributed by atoms with Gasteiger partial charge in [-0.2, -0.15) is 0 Å². The van der Waals surface area contributed by atoms with Crippen LogP contribution in [0.1, 0.15) is 69.4 Å². The molecule has 5 nitrogen and oxygen atoms in total. The maximum Gasteiger partial charge on any atom is 0.331 e. The quantitative estimate of drug-likeness (QED) is 0.636. The molecule has 0 aromatic heterocycles. The topological polar surface area (TPSA) is 68.1 Å². The number of nitrogens with zero attached hydrogens (tertiary/aromatic N) is 1. The number of aliphatic carboxylic acids is 1. The highest BCUT2D eigenvalue weighted by atomic mass is 16.5. The number of hydrogen-bond acceptors (Lipinski definition) is 4. The molecule has 5 heteroatoms. The van der Waals surface area contributed by atoms with Crippen LogP contribution in [0.5, 0.6) is 11.5 Å². The molecule has 4 rings (SSSR count). The highest BCUT2D eigenvalue weighted by Gasteiger charge is 2.39. The Morgan fingerprint density at radius 2 is 1.88 bits per heavy atom. The SMILES string of the molecule is CCOc1cc2c(c3c1OC(C)(C)C3)C(c1ccc(/C=C(\C)C(=O)O)cc1)=NC(C)(C)C2. The number of carboxylic acids is 1. The summed E-state index contributed by atoms with van der Waals surface area (Å²) in [5.74, 6) is 0.734. The van der Waals surface area contributed by atoms with Crippen LogP contribution in [0, 0.1) is 0 Å². The summed E-state index contributed by atoms with van der Waals surface area (Å²) in [6, 6.07) is 10.1. The fourth-order valence-electron chi connectivity index (χ4n) is 4.59. The minimum atomic E-state index is -0.912. The standard InChI is InChI=1S/C27H31NO4/c1-7-31-21-13-19-14-26(3,4)28-23(22(19)20-15-27(5,6)32-24(20)21)18-10-8-17(9-11-18)12-16(2)25(29)30/h8-13H,7,14-15H2,1-6H3,(H,29,30)/b16-12+. The monoisotopic (exact) mass is 433 g/mol. The van der Waals surface area contributed by atoms with Gasteiger partial charge in [0.1, 0.15) is 5.60 Å². The molecule has 0 fully saturated rings. The number of ether oxygens (including phenoxy) is 2. The zero-order valence-electron chi connectivity index (χ0n) is 19.7. The number of hydrogen-bond donors (Lipinski definition) is 1. The predicted molar refractivity (Wildman–Crippen MR) is 127 cm³/mol.